The van der Waals surface area contributed by atoms with Crippen molar-refractivity contribution in [2.24, 2.45) is 0 Å². The molecule has 0 aromatic heterocycles. The molecule has 1 N–H and O–H groups in total. The maximum absolute atomic E-state index is 13.0. The van der Waals surface area contributed by atoms with E-state index in [1.807, 2.05) is 0 Å². The third-order valence-electron chi connectivity index (χ3n) is 2.11. The molecule has 9 heteroatoms. The average Bonchev–Trinajstić information content (AvgIpc) is 2.60. The van der Waals surface area contributed by atoms with Crippen LogP contribution in [-0.2, 0) is 0 Å². The van der Waals surface area contributed by atoms with E-state index in [1.54, 1.807) is 0 Å². The molecule has 4 nitrogen and oxygen atoms in total. The number of nitrogens with zero attached hydrogens (tertiary/aromatic N) is 2. The van der Waals surface area contributed by atoms with Crippen molar-refractivity contribution in [1.82, 2.24) is 9.84 Å². The molecule has 0 aliphatic carbocycles. The standard InChI is InChI=1S/C9H7Cl2F2N3OS/c10-9(11,13)18-16-8(17)15(5-14-16)7-3-1-6(12)2-4-7/h1-4,14H,5H2. The number of carbonyl (C=O) groups excluding carboxylic acids is 1. The van der Waals surface area contributed by atoms with Crippen LogP contribution in [0.5, 0.6) is 0 Å². The quantitative estimate of drug-likeness (QED) is 0.687. The molecule has 0 spiro atoms. The van der Waals surface area contributed by atoms with Crippen LogP contribution < -0.4 is 10.3 Å². The van der Waals surface area contributed by atoms with E-state index in [9.17, 15) is 13.6 Å². The summed E-state index contributed by atoms with van der Waals surface area (Å²) in [5.74, 6) is -0.408. The second-order valence-corrected chi connectivity index (χ2v) is 6.13. The summed E-state index contributed by atoms with van der Waals surface area (Å²) in [5.41, 5.74) is 3.07. The van der Waals surface area contributed by atoms with E-state index in [4.69, 9.17) is 23.2 Å². The van der Waals surface area contributed by atoms with Gasteiger partial charge in [-0.15, -0.1) is 0 Å². The second-order valence-electron chi connectivity index (χ2n) is 3.33. The number of halogens is 4. The third-order valence-corrected chi connectivity index (χ3v) is 3.20. The molecule has 2 rings (SSSR count). The molecule has 1 saturated heterocycles. The van der Waals surface area contributed by atoms with Crippen LogP contribution in [0.15, 0.2) is 24.3 Å². The zero-order valence-corrected chi connectivity index (χ0v) is 11.1. The first-order chi connectivity index (χ1) is 8.37. The highest BCUT2D eigenvalue weighted by Crippen LogP contribution is 2.39. The second kappa shape index (κ2) is 5.08. The highest BCUT2D eigenvalue weighted by molar-refractivity contribution is 8.01. The van der Waals surface area contributed by atoms with Crippen molar-refractivity contribution < 1.29 is 13.6 Å². The van der Waals surface area contributed by atoms with E-state index in [0.717, 1.165) is 4.41 Å². The number of alkyl halides is 3. The number of urea groups is 1. The molecule has 0 atom stereocenters. The lowest BCUT2D eigenvalue weighted by atomic mass is 10.3. The first-order valence-corrected chi connectivity index (χ1v) is 6.26. The van der Waals surface area contributed by atoms with Crippen LogP contribution in [0.2, 0.25) is 0 Å². The van der Waals surface area contributed by atoms with Crippen LogP contribution >= 0.6 is 35.1 Å². The number of hydrazine groups is 1. The normalized spacial score (nSPS) is 16.6. The zero-order valence-electron chi connectivity index (χ0n) is 8.74. The molecule has 0 unspecified atom stereocenters. The molecular weight excluding hydrogens is 307 g/mol. The Kier molecular flexibility index (Phi) is 3.86. The van der Waals surface area contributed by atoms with Crippen LogP contribution in [0.4, 0.5) is 19.3 Å². The predicted molar refractivity (Wildman–Crippen MR) is 67.3 cm³/mol. The summed E-state index contributed by atoms with van der Waals surface area (Å²) in [7, 11) is 0. The SMILES string of the molecule is O=C1N(SC(F)(Cl)Cl)NCN1c1ccc(F)cc1. The molecule has 18 heavy (non-hydrogen) atoms. The van der Waals surface area contributed by atoms with Crippen molar-refractivity contribution in [3.05, 3.63) is 30.1 Å². The molecule has 1 aromatic carbocycles. The van der Waals surface area contributed by atoms with E-state index in [0.29, 0.717) is 17.6 Å². The van der Waals surface area contributed by atoms with Crippen molar-refractivity contribution in [1.29, 1.82) is 0 Å². The fourth-order valence-electron chi connectivity index (χ4n) is 1.38. The molecule has 98 valence electrons. The molecular formula is C9H7Cl2F2N3OS. The highest BCUT2D eigenvalue weighted by atomic mass is 35.5. The number of amides is 2. The Bertz CT molecular complexity index is 454. The Hall–Kier alpha value is -0.760. The maximum atomic E-state index is 13.0. The number of anilines is 1. The lowest BCUT2D eigenvalue weighted by Gasteiger charge is -2.18. The first-order valence-electron chi connectivity index (χ1n) is 4.73. The number of carbonyl (C=O) groups is 1. The Morgan fingerprint density at radius 1 is 1.33 bits per heavy atom. The van der Waals surface area contributed by atoms with Crippen LogP contribution in [0.3, 0.4) is 0 Å². The number of rotatable bonds is 3. The summed E-state index contributed by atoms with van der Waals surface area (Å²) in [6.07, 6.45) is 0. The lowest BCUT2D eigenvalue weighted by Crippen LogP contribution is -2.31. The van der Waals surface area contributed by atoms with Gasteiger partial charge >= 0.3 is 9.95 Å². The van der Waals surface area contributed by atoms with Gasteiger partial charge in [-0.2, -0.15) is 14.2 Å². The molecule has 1 aliphatic rings. The van der Waals surface area contributed by atoms with Crippen molar-refractivity contribution >= 4 is 46.9 Å². The van der Waals surface area contributed by atoms with Gasteiger partial charge in [-0.25, -0.2) is 9.18 Å². The molecule has 1 heterocycles. The molecule has 2 amide bonds. The molecule has 1 aromatic rings. The predicted octanol–water partition coefficient (Wildman–Crippen LogP) is 3.24. The first kappa shape index (κ1) is 13.7. The molecule has 1 fully saturated rings. The summed E-state index contributed by atoms with van der Waals surface area (Å²) < 4.78 is 24.0. The number of hydrogen-bond acceptors (Lipinski definition) is 3. The summed E-state index contributed by atoms with van der Waals surface area (Å²) in [5, 5.41) is 0. The van der Waals surface area contributed by atoms with Gasteiger partial charge in [0.25, 0.3) is 0 Å². The van der Waals surface area contributed by atoms with Gasteiger partial charge in [0, 0.05) is 17.6 Å². The van der Waals surface area contributed by atoms with Crippen LogP contribution in [-0.4, -0.2) is 21.0 Å². The zero-order chi connectivity index (χ0) is 13.3. The summed E-state index contributed by atoms with van der Waals surface area (Å²) in [4.78, 5) is 13.1. The molecule has 1 aliphatic heterocycles. The fraction of sp³-hybridized carbons (Fsp3) is 0.222. The highest BCUT2D eigenvalue weighted by Gasteiger charge is 2.37. The fourth-order valence-corrected chi connectivity index (χ4v) is 2.30. The van der Waals surface area contributed by atoms with Gasteiger partial charge in [-0.3, -0.25) is 4.90 Å². The van der Waals surface area contributed by atoms with Gasteiger partial charge in [0.1, 0.15) is 5.82 Å². The monoisotopic (exact) mass is 313 g/mol. The topological polar surface area (TPSA) is 35.6 Å². The van der Waals surface area contributed by atoms with Crippen LogP contribution in [0.25, 0.3) is 0 Å². The third kappa shape index (κ3) is 3.17. The van der Waals surface area contributed by atoms with Crippen molar-refractivity contribution in [3.8, 4) is 0 Å². The summed E-state index contributed by atoms with van der Waals surface area (Å²) in [6, 6.07) is 4.78. The van der Waals surface area contributed by atoms with Gasteiger partial charge in [0.05, 0.1) is 6.67 Å². The maximum Gasteiger partial charge on any atom is 0.350 e. The van der Waals surface area contributed by atoms with E-state index in [1.165, 1.54) is 29.2 Å². The van der Waals surface area contributed by atoms with Crippen molar-refractivity contribution in [2.75, 3.05) is 11.6 Å². The summed E-state index contributed by atoms with van der Waals surface area (Å²) >= 11 is 10.6. The Morgan fingerprint density at radius 2 is 1.94 bits per heavy atom. The summed E-state index contributed by atoms with van der Waals surface area (Å²) in [6.45, 7) is 0.112. The van der Waals surface area contributed by atoms with Gasteiger partial charge < -0.3 is 0 Å². The average molecular weight is 314 g/mol. The van der Waals surface area contributed by atoms with Crippen molar-refractivity contribution in [2.45, 2.75) is 3.92 Å². The van der Waals surface area contributed by atoms with Gasteiger partial charge in [0.2, 0.25) is 0 Å². The number of nitrogens with one attached hydrogen (secondary N) is 1. The van der Waals surface area contributed by atoms with Crippen LogP contribution in [0, 0.1) is 5.82 Å². The molecule has 0 radical (unpaired) electrons. The number of hydrogen-bond donors (Lipinski definition) is 1. The van der Waals surface area contributed by atoms with Gasteiger partial charge in [0.15, 0.2) is 0 Å². The molecule has 0 saturated carbocycles. The van der Waals surface area contributed by atoms with Gasteiger partial charge in [-0.1, -0.05) is 23.2 Å². The largest absolute Gasteiger partial charge is 0.350 e. The Labute approximate surface area is 116 Å². The van der Waals surface area contributed by atoms with E-state index < -0.39 is 15.8 Å². The molecule has 0 bridgehead atoms. The van der Waals surface area contributed by atoms with Gasteiger partial charge in [-0.05, 0) is 24.3 Å². The number of benzene rings is 1. The van der Waals surface area contributed by atoms with E-state index in [-0.39, 0.29) is 6.67 Å². The van der Waals surface area contributed by atoms with E-state index in [2.05, 4.69) is 5.43 Å². The minimum Gasteiger partial charge on any atom is -0.278 e. The van der Waals surface area contributed by atoms with Crippen LogP contribution in [0.1, 0.15) is 0 Å². The van der Waals surface area contributed by atoms with E-state index >= 15 is 0 Å². The Balaban J connectivity index is 2.10. The lowest BCUT2D eigenvalue weighted by molar-refractivity contribution is 0.235. The Morgan fingerprint density at radius 3 is 2.50 bits per heavy atom. The minimum absolute atomic E-state index is 0.112. The minimum atomic E-state index is -2.61. The smallest absolute Gasteiger partial charge is 0.278 e. The van der Waals surface area contributed by atoms with Crippen molar-refractivity contribution in [3.63, 3.8) is 0 Å².